The molecule has 9 heteroatoms. The summed E-state index contributed by atoms with van der Waals surface area (Å²) in [7, 11) is 1.58. The van der Waals surface area contributed by atoms with Gasteiger partial charge in [0.2, 0.25) is 0 Å². The maximum atomic E-state index is 13.2. The van der Waals surface area contributed by atoms with Crippen molar-refractivity contribution in [3.63, 3.8) is 0 Å². The Morgan fingerprint density at radius 3 is 2.50 bits per heavy atom. The van der Waals surface area contributed by atoms with Crippen LogP contribution in [-0.4, -0.2) is 37.0 Å². The quantitative estimate of drug-likeness (QED) is 0.495. The Kier molecular flexibility index (Phi) is 7.33. The number of aliphatic hydroxyl groups excluding tert-OH is 1. The largest absolute Gasteiger partial charge is 0.465 e. The minimum Gasteiger partial charge on any atom is -0.465 e. The Morgan fingerprint density at radius 2 is 1.83 bits per heavy atom. The van der Waals surface area contributed by atoms with Gasteiger partial charge in [-0.3, -0.25) is 18.5 Å². The molecule has 0 amide bonds. The lowest BCUT2D eigenvalue weighted by atomic mass is 10.2. The second-order valence-corrected chi connectivity index (χ2v) is 7.65. The second-order valence-electron chi connectivity index (χ2n) is 7.21. The van der Waals surface area contributed by atoms with Crippen LogP contribution in [0.1, 0.15) is 38.2 Å². The minimum absolute atomic E-state index is 0.108. The van der Waals surface area contributed by atoms with Gasteiger partial charge in [-0.05, 0) is 30.5 Å². The number of nitrogens with zero attached hydrogens (tertiary/aromatic N) is 4. The molecule has 0 aliphatic rings. The molecule has 0 saturated heterocycles. The Balaban J connectivity index is 2.14. The molecule has 162 valence electrons. The predicted molar refractivity (Wildman–Crippen MR) is 117 cm³/mol. The Morgan fingerprint density at radius 1 is 1.10 bits per heavy atom. The van der Waals surface area contributed by atoms with Crippen LogP contribution in [0.25, 0.3) is 11.2 Å². The van der Waals surface area contributed by atoms with E-state index in [0.717, 1.165) is 29.4 Å². The summed E-state index contributed by atoms with van der Waals surface area (Å²) in [5.74, 6) is 0. The van der Waals surface area contributed by atoms with Crippen molar-refractivity contribution in [1.82, 2.24) is 18.7 Å². The molecule has 1 N–H and O–H groups in total. The number of imidazole rings is 1. The summed E-state index contributed by atoms with van der Waals surface area (Å²) in [6.45, 7) is 2.97. The van der Waals surface area contributed by atoms with Crippen molar-refractivity contribution in [2.75, 3.05) is 13.2 Å². The van der Waals surface area contributed by atoms with Gasteiger partial charge in [-0.2, -0.15) is 4.98 Å². The van der Waals surface area contributed by atoms with Gasteiger partial charge in [0, 0.05) is 25.2 Å². The van der Waals surface area contributed by atoms with Gasteiger partial charge in [0.1, 0.15) is 0 Å². The third kappa shape index (κ3) is 4.60. The van der Waals surface area contributed by atoms with Gasteiger partial charge < -0.3 is 9.84 Å². The zero-order valence-electron chi connectivity index (χ0n) is 17.3. The monoisotopic (exact) mass is 434 g/mol. The number of halogens is 1. The molecule has 1 aromatic carbocycles. The molecule has 8 nitrogen and oxygen atoms in total. The maximum Gasteiger partial charge on any atom is 0.332 e. The lowest BCUT2D eigenvalue weighted by Gasteiger charge is -2.11. The number of aliphatic hydroxyl groups is 1. The van der Waals surface area contributed by atoms with E-state index in [9.17, 15) is 9.59 Å². The van der Waals surface area contributed by atoms with Gasteiger partial charge in [-0.25, -0.2) is 4.79 Å². The SMILES string of the molecule is CCCCCOc1nc2c(c(=O)n(CCCO)c(=O)n2C)n1Cc1ccc(Cl)cc1. The van der Waals surface area contributed by atoms with Crippen LogP contribution in [0.2, 0.25) is 5.02 Å². The molecule has 0 spiro atoms. The van der Waals surface area contributed by atoms with E-state index >= 15 is 0 Å². The van der Waals surface area contributed by atoms with E-state index in [1.807, 2.05) is 12.1 Å². The molecule has 2 aromatic heterocycles. The van der Waals surface area contributed by atoms with Crippen LogP contribution in [0, 0.1) is 0 Å². The van der Waals surface area contributed by atoms with Crippen LogP contribution in [0.15, 0.2) is 33.9 Å². The van der Waals surface area contributed by atoms with Crippen molar-refractivity contribution in [3.8, 4) is 6.01 Å². The molecule has 0 aliphatic carbocycles. The first kappa shape index (κ1) is 22.1. The third-order valence-electron chi connectivity index (χ3n) is 4.97. The summed E-state index contributed by atoms with van der Waals surface area (Å²) in [5, 5.41) is 9.76. The molecule has 0 saturated carbocycles. The van der Waals surface area contributed by atoms with E-state index in [2.05, 4.69) is 11.9 Å². The van der Waals surface area contributed by atoms with Gasteiger partial charge in [-0.15, -0.1) is 0 Å². The smallest absolute Gasteiger partial charge is 0.332 e. The molecular weight excluding hydrogens is 408 g/mol. The van der Waals surface area contributed by atoms with E-state index in [-0.39, 0.29) is 18.8 Å². The normalized spacial score (nSPS) is 11.3. The lowest BCUT2D eigenvalue weighted by Crippen LogP contribution is -2.39. The van der Waals surface area contributed by atoms with Crippen LogP contribution in [0.5, 0.6) is 6.01 Å². The van der Waals surface area contributed by atoms with E-state index in [4.69, 9.17) is 21.4 Å². The Bertz CT molecular complexity index is 1120. The number of rotatable bonds is 10. The van der Waals surface area contributed by atoms with Crippen molar-refractivity contribution >= 4 is 22.8 Å². The lowest BCUT2D eigenvalue weighted by molar-refractivity contribution is 0.273. The minimum atomic E-state index is -0.463. The van der Waals surface area contributed by atoms with E-state index < -0.39 is 11.2 Å². The third-order valence-corrected chi connectivity index (χ3v) is 5.22. The summed E-state index contributed by atoms with van der Waals surface area (Å²) >= 11 is 6.00. The van der Waals surface area contributed by atoms with E-state index in [1.54, 1.807) is 23.7 Å². The fourth-order valence-corrected chi connectivity index (χ4v) is 3.45. The highest BCUT2D eigenvalue weighted by Gasteiger charge is 2.21. The van der Waals surface area contributed by atoms with Gasteiger partial charge in [0.15, 0.2) is 11.2 Å². The number of hydrogen-bond donors (Lipinski definition) is 1. The molecule has 0 aliphatic heterocycles. The molecule has 0 unspecified atom stereocenters. The molecule has 0 radical (unpaired) electrons. The Labute approximate surface area is 179 Å². The summed E-state index contributed by atoms with van der Waals surface area (Å²) < 4.78 is 10.1. The summed E-state index contributed by atoms with van der Waals surface area (Å²) in [6, 6.07) is 7.63. The van der Waals surface area contributed by atoms with Crippen LogP contribution in [0.4, 0.5) is 0 Å². The highest BCUT2D eigenvalue weighted by Crippen LogP contribution is 2.21. The number of aromatic nitrogens is 4. The molecule has 0 atom stereocenters. The van der Waals surface area contributed by atoms with Crippen molar-refractivity contribution < 1.29 is 9.84 Å². The van der Waals surface area contributed by atoms with Crippen LogP contribution in [0.3, 0.4) is 0 Å². The Hall–Kier alpha value is -2.58. The average molecular weight is 435 g/mol. The topological polar surface area (TPSA) is 91.3 Å². The number of ether oxygens (including phenoxy) is 1. The number of aryl methyl sites for hydroxylation is 1. The van der Waals surface area contributed by atoms with E-state index in [0.29, 0.717) is 36.1 Å². The standard InChI is InChI=1S/C21H27ClN4O4/c1-3-4-5-13-30-20-23-18-17(26(20)14-15-7-9-16(22)10-8-15)19(28)25(11-6-12-27)21(29)24(18)2/h7-10,27H,3-6,11-14H2,1-2H3. The van der Waals surface area contributed by atoms with Gasteiger partial charge in [0.05, 0.1) is 13.2 Å². The fourth-order valence-electron chi connectivity index (χ4n) is 3.32. The first-order chi connectivity index (χ1) is 14.5. The van der Waals surface area contributed by atoms with Crippen molar-refractivity contribution in [3.05, 3.63) is 55.7 Å². The molecule has 0 fully saturated rings. The number of unbranched alkanes of at least 4 members (excludes halogenated alkanes) is 2. The van der Waals surface area contributed by atoms with Gasteiger partial charge >= 0.3 is 5.69 Å². The first-order valence-corrected chi connectivity index (χ1v) is 10.5. The van der Waals surface area contributed by atoms with Crippen LogP contribution < -0.4 is 16.0 Å². The van der Waals surface area contributed by atoms with Crippen LogP contribution in [-0.2, 0) is 20.1 Å². The zero-order chi connectivity index (χ0) is 21.7. The number of hydrogen-bond acceptors (Lipinski definition) is 5. The molecule has 30 heavy (non-hydrogen) atoms. The van der Waals surface area contributed by atoms with Crippen molar-refractivity contribution in [2.45, 2.75) is 45.7 Å². The molecular formula is C21H27ClN4O4. The number of fused-ring (bicyclic) bond motifs is 1. The average Bonchev–Trinajstić information content (AvgIpc) is 3.10. The summed E-state index contributed by atoms with van der Waals surface area (Å²) in [4.78, 5) is 30.3. The van der Waals surface area contributed by atoms with Gasteiger partial charge in [0.25, 0.3) is 11.6 Å². The summed E-state index contributed by atoms with van der Waals surface area (Å²) in [5.41, 5.74) is 0.605. The number of benzene rings is 1. The van der Waals surface area contributed by atoms with Crippen molar-refractivity contribution in [2.24, 2.45) is 7.05 Å². The van der Waals surface area contributed by atoms with E-state index in [1.165, 1.54) is 4.57 Å². The predicted octanol–water partition coefficient (Wildman–Crippen LogP) is 2.55. The molecule has 3 aromatic rings. The highest BCUT2D eigenvalue weighted by atomic mass is 35.5. The molecule has 2 heterocycles. The first-order valence-electron chi connectivity index (χ1n) is 10.2. The van der Waals surface area contributed by atoms with Crippen molar-refractivity contribution in [1.29, 1.82) is 0 Å². The van der Waals surface area contributed by atoms with Gasteiger partial charge in [-0.1, -0.05) is 43.5 Å². The maximum absolute atomic E-state index is 13.2. The zero-order valence-corrected chi connectivity index (χ0v) is 18.1. The van der Waals surface area contributed by atoms with Crippen LogP contribution >= 0.6 is 11.6 Å². The highest BCUT2D eigenvalue weighted by molar-refractivity contribution is 6.30. The molecule has 3 rings (SSSR count). The summed E-state index contributed by atoms with van der Waals surface area (Å²) in [6.07, 6.45) is 3.28. The molecule has 0 bridgehead atoms. The second kappa shape index (κ2) is 9.95. The fraction of sp³-hybridized carbons (Fsp3) is 0.476.